The minimum atomic E-state index is 0.897. The Morgan fingerprint density at radius 2 is 1.81 bits per heavy atom. The predicted octanol–water partition coefficient (Wildman–Crippen LogP) is 4.27. The fourth-order valence-electron chi connectivity index (χ4n) is 3.48. The molecule has 0 bridgehead atoms. The van der Waals surface area contributed by atoms with Crippen LogP contribution in [0.5, 0.6) is 0 Å². The summed E-state index contributed by atoms with van der Waals surface area (Å²) in [4.78, 5) is 12.8. The van der Waals surface area contributed by atoms with Gasteiger partial charge >= 0.3 is 0 Å². The number of anilines is 1. The summed E-state index contributed by atoms with van der Waals surface area (Å²) in [5.41, 5.74) is 1.95. The molecule has 5 nitrogen and oxygen atoms in total. The molecule has 4 heterocycles. The average Bonchev–Trinajstić information content (AvgIpc) is 3.37. The van der Waals surface area contributed by atoms with E-state index in [2.05, 4.69) is 38.7 Å². The Morgan fingerprint density at radius 3 is 2.50 bits per heavy atom. The quantitative estimate of drug-likeness (QED) is 0.741. The number of rotatable bonds is 5. The lowest BCUT2D eigenvalue weighted by molar-refractivity contribution is 0.240. The molecule has 26 heavy (non-hydrogen) atoms. The number of aromatic nitrogens is 2. The van der Waals surface area contributed by atoms with Crippen molar-refractivity contribution >= 4 is 29.4 Å². The first kappa shape index (κ1) is 17.2. The van der Waals surface area contributed by atoms with Crippen molar-refractivity contribution in [2.45, 2.75) is 32.1 Å². The van der Waals surface area contributed by atoms with Crippen molar-refractivity contribution in [1.82, 2.24) is 15.0 Å². The summed E-state index contributed by atoms with van der Waals surface area (Å²) in [6.07, 6.45) is 12.0. The van der Waals surface area contributed by atoms with Gasteiger partial charge in [-0.05, 0) is 50.3 Å². The van der Waals surface area contributed by atoms with Crippen LogP contribution in [-0.4, -0.2) is 47.4 Å². The van der Waals surface area contributed by atoms with Gasteiger partial charge in [0.25, 0.3) is 0 Å². The van der Waals surface area contributed by atoms with Gasteiger partial charge in [-0.3, -0.25) is 5.01 Å². The molecule has 0 aliphatic carbocycles. The van der Waals surface area contributed by atoms with Crippen molar-refractivity contribution < 1.29 is 0 Å². The maximum absolute atomic E-state index is 4.78. The molecule has 2 aromatic heterocycles. The molecular formula is C20H25N5S. The molecule has 6 heteroatoms. The normalized spacial score (nSPS) is 18.0. The van der Waals surface area contributed by atoms with Gasteiger partial charge < -0.3 is 4.90 Å². The van der Waals surface area contributed by atoms with Gasteiger partial charge in [0.2, 0.25) is 0 Å². The topological polar surface area (TPSA) is 44.6 Å². The smallest absolute Gasteiger partial charge is 0.128 e. The van der Waals surface area contributed by atoms with Crippen LogP contribution in [0, 0.1) is 0 Å². The van der Waals surface area contributed by atoms with E-state index in [0.29, 0.717) is 0 Å². The number of nitrogens with zero attached hydrogens (tertiary/aromatic N) is 5. The maximum Gasteiger partial charge on any atom is 0.128 e. The largest absolute Gasteiger partial charge is 0.357 e. The molecule has 0 spiro atoms. The van der Waals surface area contributed by atoms with Crippen molar-refractivity contribution in [2.75, 3.05) is 31.1 Å². The highest BCUT2D eigenvalue weighted by atomic mass is 32.1. The molecule has 136 valence electrons. The van der Waals surface area contributed by atoms with Crippen molar-refractivity contribution in [3.63, 3.8) is 0 Å². The zero-order valence-corrected chi connectivity index (χ0v) is 15.9. The van der Waals surface area contributed by atoms with E-state index in [1.54, 1.807) is 11.3 Å². The Morgan fingerprint density at radius 1 is 1.04 bits per heavy atom. The number of hydrogen-bond acceptors (Lipinski definition) is 6. The van der Waals surface area contributed by atoms with E-state index in [0.717, 1.165) is 53.1 Å². The molecule has 2 aliphatic rings. The summed E-state index contributed by atoms with van der Waals surface area (Å²) in [6, 6.07) is 4.23. The lowest BCUT2D eigenvalue weighted by Gasteiger charge is -2.23. The summed E-state index contributed by atoms with van der Waals surface area (Å²) in [5.74, 6) is 1.07. The molecule has 0 saturated carbocycles. The van der Waals surface area contributed by atoms with E-state index in [1.807, 2.05) is 18.5 Å². The molecule has 2 fully saturated rings. The van der Waals surface area contributed by atoms with Crippen LogP contribution in [0.3, 0.4) is 0 Å². The first-order valence-electron chi connectivity index (χ1n) is 9.47. The molecule has 0 atom stereocenters. The monoisotopic (exact) mass is 367 g/mol. The van der Waals surface area contributed by atoms with E-state index in [1.165, 1.54) is 32.1 Å². The average molecular weight is 368 g/mol. The highest BCUT2D eigenvalue weighted by molar-refractivity contribution is 7.16. The first-order chi connectivity index (χ1) is 12.8. The third kappa shape index (κ3) is 3.80. The van der Waals surface area contributed by atoms with Crippen LogP contribution in [0.4, 0.5) is 5.82 Å². The maximum atomic E-state index is 4.78. The van der Waals surface area contributed by atoms with Crippen LogP contribution in [0.15, 0.2) is 30.0 Å². The Kier molecular flexibility index (Phi) is 5.29. The summed E-state index contributed by atoms with van der Waals surface area (Å²) in [7, 11) is 0. The van der Waals surface area contributed by atoms with Gasteiger partial charge in [-0.15, -0.1) is 11.3 Å². The summed E-state index contributed by atoms with van der Waals surface area (Å²) >= 11 is 1.64. The zero-order chi connectivity index (χ0) is 17.8. The van der Waals surface area contributed by atoms with Crippen LogP contribution in [0.2, 0.25) is 0 Å². The van der Waals surface area contributed by atoms with E-state index < -0.39 is 0 Å². The highest BCUT2D eigenvalue weighted by Gasteiger charge is 2.15. The molecule has 0 unspecified atom stereocenters. The van der Waals surface area contributed by atoms with E-state index >= 15 is 0 Å². The number of thiazole rings is 1. The van der Waals surface area contributed by atoms with Gasteiger partial charge in [0, 0.05) is 37.9 Å². The van der Waals surface area contributed by atoms with E-state index in [-0.39, 0.29) is 0 Å². The van der Waals surface area contributed by atoms with Crippen molar-refractivity contribution in [2.24, 2.45) is 5.10 Å². The molecule has 4 rings (SSSR count). The van der Waals surface area contributed by atoms with Crippen molar-refractivity contribution in [3.05, 3.63) is 35.5 Å². The van der Waals surface area contributed by atoms with Crippen LogP contribution >= 0.6 is 11.3 Å². The second-order valence-corrected chi connectivity index (χ2v) is 7.86. The fourth-order valence-corrected chi connectivity index (χ4v) is 4.36. The summed E-state index contributed by atoms with van der Waals surface area (Å²) < 4.78 is 0. The Labute approximate surface area is 159 Å². The van der Waals surface area contributed by atoms with Crippen LogP contribution in [0.25, 0.3) is 16.6 Å². The predicted molar refractivity (Wildman–Crippen MR) is 110 cm³/mol. The highest BCUT2D eigenvalue weighted by Crippen LogP contribution is 2.29. The third-order valence-corrected chi connectivity index (χ3v) is 6.08. The van der Waals surface area contributed by atoms with Crippen LogP contribution in [-0.2, 0) is 0 Å². The molecule has 0 radical (unpaired) electrons. The van der Waals surface area contributed by atoms with Gasteiger partial charge in [-0.1, -0.05) is 6.58 Å². The van der Waals surface area contributed by atoms with Crippen molar-refractivity contribution in [1.29, 1.82) is 0 Å². The van der Waals surface area contributed by atoms with Crippen LogP contribution < -0.4 is 4.90 Å². The second kappa shape index (κ2) is 7.99. The standard InChI is InChI=1S/C20H25N5S/c1-2-18-17(15-22-25-12-4-3-5-13-25)23-20(26-18)16-8-9-19(21-14-16)24-10-6-7-11-24/h2,8-9,14-15H,1,3-7,10-13H2/b22-15-. The van der Waals surface area contributed by atoms with Crippen molar-refractivity contribution in [3.8, 4) is 10.6 Å². The molecule has 0 amide bonds. The van der Waals surface area contributed by atoms with Gasteiger partial charge in [-0.25, -0.2) is 9.97 Å². The summed E-state index contributed by atoms with van der Waals surface area (Å²) in [5, 5.41) is 7.73. The molecule has 0 aromatic carbocycles. The Hall–Kier alpha value is -2.21. The van der Waals surface area contributed by atoms with E-state index in [4.69, 9.17) is 4.98 Å². The Bertz CT molecular complexity index is 768. The molecule has 0 N–H and O–H groups in total. The molecule has 2 saturated heterocycles. The first-order valence-corrected chi connectivity index (χ1v) is 10.3. The SMILES string of the molecule is C=Cc1sc(-c2ccc(N3CCCC3)nc2)nc1/C=N\N1CCCCC1. The summed E-state index contributed by atoms with van der Waals surface area (Å²) in [6.45, 7) is 8.24. The lowest BCUT2D eigenvalue weighted by atomic mass is 10.2. The fraction of sp³-hybridized carbons (Fsp3) is 0.450. The molecule has 2 aromatic rings. The Balaban J connectivity index is 1.52. The lowest BCUT2D eigenvalue weighted by Crippen LogP contribution is -2.24. The van der Waals surface area contributed by atoms with Gasteiger partial charge in [0.05, 0.1) is 11.1 Å². The number of piperidine rings is 1. The van der Waals surface area contributed by atoms with E-state index in [9.17, 15) is 0 Å². The minimum Gasteiger partial charge on any atom is -0.357 e. The molecular weight excluding hydrogens is 342 g/mol. The third-order valence-electron chi connectivity index (χ3n) is 4.97. The molecule has 2 aliphatic heterocycles. The number of hydrogen-bond donors (Lipinski definition) is 0. The minimum absolute atomic E-state index is 0.897. The second-order valence-electron chi connectivity index (χ2n) is 6.83. The van der Waals surface area contributed by atoms with Gasteiger partial charge in [0.1, 0.15) is 16.5 Å². The zero-order valence-electron chi connectivity index (χ0n) is 15.1. The van der Waals surface area contributed by atoms with Gasteiger partial charge in [-0.2, -0.15) is 5.10 Å². The van der Waals surface area contributed by atoms with Gasteiger partial charge in [0.15, 0.2) is 0 Å². The van der Waals surface area contributed by atoms with Crippen LogP contribution in [0.1, 0.15) is 42.7 Å². The number of hydrazone groups is 1. The number of pyridine rings is 1.